The van der Waals surface area contributed by atoms with Crippen LogP contribution in [0.1, 0.15) is 5.56 Å². The molecule has 0 fully saturated rings. The van der Waals surface area contributed by atoms with Crippen molar-refractivity contribution in [2.24, 2.45) is 0 Å². The molecule has 1 aliphatic rings. The summed E-state index contributed by atoms with van der Waals surface area (Å²) in [6.07, 6.45) is 3.73. The first kappa shape index (κ1) is 23.2. The van der Waals surface area contributed by atoms with Crippen molar-refractivity contribution in [1.29, 1.82) is 0 Å². The van der Waals surface area contributed by atoms with E-state index >= 15 is 0 Å². The number of aromatic nitrogens is 2. The van der Waals surface area contributed by atoms with E-state index in [0.29, 0.717) is 5.88 Å². The summed E-state index contributed by atoms with van der Waals surface area (Å²) in [5.74, 6) is 1.35. The molecule has 1 unspecified atom stereocenters. The fourth-order valence-corrected chi connectivity index (χ4v) is 9.43. The molecule has 3 heterocycles. The van der Waals surface area contributed by atoms with E-state index in [1.165, 1.54) is 37.9 Å². The van der Waals surface area contributed by atoms with Crippen molar-refractivity contribution < 1.29 is 4.74 Å². The summed E-state index contributed by atoms with van der Waals surface area (Å²) >= 11 is 0. The molecule has 3 aromatic carbocycles. The van der Waals surface area contributed by atoms with Crippen LogP contribution in [0.25, 0.3) is 22.3 Å². The van der Waals surface area contributed by atoms with Gasteiger partial charge in [0.05, 0.1) is 0 Å². The summed E-state index contributed by atoms with van der Waals surface area (Å²) in [6.45, 7) is 4.59. The van der Waals surface area contributed by atoms with Crippen LogP contribution in [0, 0.1) is 6.92 Å². The minimum Gasteiger partial charge on any atom is -0.439 e. The summed E-state index contributed by atoms with van der Waals surface area (Å²) in [4.78, 5) is 11.3. The molecule has 0 radical (unpaired) electrons. The standard InChI is InChI=1S/C32H29N3OSi/c1-22-14-16-34-32(18-22)37(4)29-11-6-5-10-27(29)28-13-12-24(20-30(28)37)23-8-7-9-26(19-23)36-31-21-25(35(2)3)15-17-33-31/h5-21H,1-4H3. The van der Waals surface area contributed by atoms with Gasteiger partial charge in [0.2, 0.25) is 5.88 Å². The van der Waals surface area contributed by atoms with Gasteiger partial charge >= 0.3 is 0 Å². The highest BCUT2D eigenvalue weighted by atomic mass is 28.3. The van der Waals surface area contributed by atoms with Crippen molar-refractivity contribution in [3.8, 4) is 33.9 Å². The molecule has 0 amide bonds. The van der Waals surface area contributed by atoms with E-state index in [1.807, 2.05) is 49.5 Å². The number of fused-ring (bicyclic) bond motifs is 3. The number of pyridine rings is 2. The molecule has 0 saturated heterocycles. The lowest BCUT2D eigenvalue weighted by Gasteiger charge is -2.25. The van der Waals surface area contributed by atoms with E-state index in [0.717, 1.165) is 17.0 Å². The van der Waals surface area contributed by atoms with Gasteiger partial charge in [-0.15, -0.1) is 0 Å². The third-order valence-corrected chi connectivity index (χ3v) is 11.7. The first-order valence-corrected chi connectivity index (χ1v) is 15.0. The Balaban J connectivity index is 1.42. The number of hydrogen-bond donors (Lipinski definition) is 0. The van der Waals surface area contributed by atoms with Gasteiger partial charge in [-0.2, -0.15) is 0 Å². The van der Waals surface area contributed by atoms with Crippen LogP contribution >= 0.6 is 0 Å². The molecule has 0 aliphatic carbocycles. The lowest BCUT2D eigenvalue weighted by atomic mass is 10.0. The molecule has 37 heavy (non-hydrogen) atoms. The van der Waals surface area contributed by atoms with Gasteiger partial charge in [0.25, 0.3) is 0 Å². The summed E-state index contributed by atoms with van der Waals surface area (Å²) in [5.41, 5.74) is 7.26. The van der Waals surface area contributed by atoms with Gasteiger partial charge in [0.15, 0.2) is 8.07 Å². The van der Waals surface area contributed by atoms with Gasteiger partial charge < -0.3 is 9.64 Å². The Morgan fingerprint density at radius 2 is 1.49 bits per heavy atom. The van der Waals surface area contributed by atoms with E-state index < -0.39 is 8.07 Å². The largest absolute Gasteiger partial charge is 0.439 e. The van der Waals surface area contributed by atoms with E-state index in [-0.39, 0.29) is 0 Å². The summed E-state index contributed by atoms with van der Waals surface area (Å²) in [5, 5.41) is 4.06. The predicted octanol–water partition coefficient (Wildman–Crippen LogP) is 5.39. The highest BCUT2D eigenvalue weighted by molar-refractivity contribution is 7.13. The van der Waals surface area contributed by atoms with Gasteiger partial charge in [0, 0.05) is 43.6 Å². The summed E-state index contributed by atoms with van der Waals surface area (Å²) < 4.78 is 6.16. The Bertz CT molecular complexity index is 1630. The first-order valence-electron chi connectivity index (χ1n) is 12.5. The minimum absolute atomic E-state index is 0.582. The maximum atomic E-state index is 6.16. The number of rotatable bonds is 5. The zero-order chi connectivity index (χ0) is 25.6. The highest BCUT2D eigenvalue weighted by Gasteiger charge is 2.44. The lowest BCUT2D eigenvalue weighted by molar-refractivity contribution is 0.463. The van der Waals surface area contributed by atoms with Crippen LogP contribution in [-0.4, -0.2) is 32.1 Å². The average molecular weight is 500 g/mol. The molecule has 0 N–H and O–H groups in total. The molecule has 6 rings (SSSR count). The fraction of sp³-hybridized carbons (Fsp3) is 0.125. The van der Waals surface area contributed by atoms with E-state index in [9.17, 15) is 0 Å². The Hall–Kier alpha value is -4.22. The van der Waals surface area contributed by atoms with Crippen LogP contribution in [0.4, 0.5) is 5.69 Å². The van der Waals surface area contributed by atoms with E-state index in [4.69, 9.17) is 9.72 Å². The van der Waals surface area contributed by atoms with Gasteiger partial charge in [-0.1, -0.05) is 61.1 Å². The zero-order valence-electron chi connectivity index (χ0n) is 21.6. The van der Waals surface area contributed by atoms with Crippen molar-refractivity contribution in [1.82, 2.24) is 9.97 Å². The smallest absolute Gasteiger partial charge is 0.221 e. The molecular weight excluding hydrogens is 470 g/mol. The van der Waals surface area contributed by atoms with Crippen LogP contribution in [0.2, 0.25) is 6.55 Å². The number of nitrogens with zero attached hydrogens (tertiary/aromatic N) is 3. The Morgan fingerprint density at radius 1 is 0.703 bits per heavy atom. The van der Waals surface area contributed by atoms with Crippen LogP contribution in [0.15, 0.2) is 103 Å². The molecule has 0 spiro atoms. The third kappa shape index (κ3) is 4.01. The second-order valence-electron chi connectivity index (χ2n) is 10.0. The topological polar surface area (TPSA) is 38.2 Å². The second-order valence-corrected chi connectivity index (χ2v) is 13.9. The van der Waals surface area contributed by atoms with Crippen molar-refractivity contribution in [2.75, 3.05) is 19.0 Å². The zero-order valence-corrected chi connectivity index (χ0v) is 22.6. The van der Waals surface area contributed by atoms with Crippen molar-refractivity contribution in [2.45, 2.75) is 13.5 Å². The van der Waals surface area contributed by atoms with Crippen LogP contribution in [-0.2, 0) is 0 Å². The van der Waals surface area contributed by atoms with E-state index in [2.05, 4.69) is 85.2 Å². The number of ether oxygens (including phenoxy) is 1. The van der Waals surface area contributed by atoms with Gasteiger partial charge in [-0.25, -0.2) is 4.98 Å². The van der Waals surface area contributed by atoms with Crippen molar-refractivity contribution in [3.63, 3.8) is 0 Å². The highest BCUT2D eigenvalue weighted by Crippen LogP contribution is 2.33. The van der Waals surface area contributed by atoms with E-state index in [1.54, 1.807) is 6.20 Å². The molecule has 1 atom stereocenters. The molecule has 1 aliphatic heterocycles. The SMILES string of the molecule is Cc1ccnc([Si]2(C)c3ccccc3-c3ccc(-c4cccc(Oc5cc(N(C)C)ccn5)c4)cc32)c1. The minimum atomic E-state index is -2.25. The molecule has 182 valence electrons. The van der Waals surface area contributed by atoms with Crippen LogP contribution in [0.3, 0.4) is 0 Å². The average Bonchev–Trinajstić information content (AvgIpc) is 3.18. The monoisotopic (exact) mass is 499 g/mol. The second kappa shape index (κ2) is 9.02. The van der Waals surface area contributed by atoms with Crippen molar-refractivity contribution in [3.05, 3.63) is 109 Å². The predicted molar refractivity (Wildman–Crippen MR) is 155 cm³/mol. The summed E-state index contributed by atoms with van der Waals surface area (Å²) in [6, 6.07) is 32.3. The lowest BCUT2D eigenvalue weighted by Crippen LogP contribution is -2.63. The van der Waals surface area contributed by atoms with Crippen molar-refractivity contribution >= 4 is 29.5 Å². The van der Waals surface area contributed by atoms with Gasteiger partial charge in [0.1, 0.15) is 5.75 Å². The first-order chi connectivity index (χ1) is 17.9. The molecule has 4 nitrogen and oxygen atoms in total. The maximum absolute atomic E-state index is 6.16. The molecular formula is C32H29N3OSi. The Morgan fingerprint density at radius 3 is 2.32 bits per heavy atom. The molecule has 5 aromatic rings. The summed E-state index contributed by atoms with van der Waals surface area (Å²) in [7, 11) is 1.77. The molecule has 5 heteroatoms. The van der Waals surface area contributed by atoms with Crippen LogP contribution < -0.4 is 25.3 Å². The fourth-order valence-electron chi connectivity index (χ4n) is 5.35. The number of anilines is 1. The van der Waals surface area contributed by atoms with Crippen LogP contribution in [0.5, 0.6) is 11.6 Å². The number of aryl methyl sites for hydroxylation is 1. The Kier molecular flexibility index (Phi) is 5.65. The maximum Gasteiger partial charge on any atom is 0.221 e. The normalized spacial score (nSPS) is 15.7. The molecule has 0 saturated carbocycles. The quantitative estimate of drug-likeness (QED) is 0.304. The number of hydrogen-bond acceptors (Lipinski definition) is 4. The van der Waals surface area contributed by atoms with Gasteiger partial charge in [-0.05, 0) is 75.4 Å². The molecule has 2 aromatic heterocycles. The molecule has 0 bridgehead atoms. The third-order valence-electron chi connectivity index (χ3n) is 7.37. The Labute approximate surface area is 219 Å². The van der Waals surface area contributed by atoms with Gasteiger partial charge in [-0.3, -0.25) is 4.98 Å². The number of benzene rings is 3.